The number of amides is 1. The quantitative estimate of drug-likeness (QED) is 0.662. The molecule has 18 heavy (non-hydrogen) atoms. The number of hydrogen-bond donors (Lipinski definition) is 3. The van der Waals surface area contributed by atoms with Crippen molar-refractivity contribution in [3.8, 4) is 0 Å². The number of rotatable bonds is 1. The highest BCUT2D eigenvalue weighted by molar-refractivity contribution is 5.68. The largest absolute Gasteiger partial charge is 0.444 e. The van der Waals surface area contributed by atoms with Gasteiger partial charge in [-0.1, -0.05) is 0 Å². The highest BCUT2D eigenvalue weighted by Gasteiger charge is 2.47. The fourth-order valence-electron chi connectivity index (χ4n) is 2.74. The Morgan fingerprint density at radius 3 is 2.39 bits per heavy atom. The minimum atomic E-state index is -0.450. The van der Waals surface area contributed by atoms with Gasteiger partial charge < -0.3 is 15.2 Å². The fourth-order valence-corrected chi connectivity index (χ4v) is 2.74. The zero-order valence-corrected chi connectivity index (χ0v) is 11.5. The highest BCUT2D eigenvalue weighted by atomic mass is 16.6. The maximum absolute atomic E-state index is 11.6. The molecule has 104 valence electrons. The van der Waals surface area contributed by atoms with E-state index in [1.165, 1.54) is 0 Å². The molecule has 2 fully saturated rings. The molecule has 1 spiro atoms. The van der Waals surface area contributed by atoms with Crippen LogP contribution in [0.2, 0.25) is 0 Å². The first kappa shape index (κ1) is 13.6. The van der Waals surface area contributed by atoms with Gasteiger partial charge in [0.2, 0.25) is 0 Å². The van der Waals surface area contributed by atoms with Crippen molar-refractivity contribution in [1.29, 1.82) is 0 Å². The molecule has 1 saturated heterocycles. The lowest BCUT2D eigenvalue weighted by Gasteiger charge is -2.51. The molecule has 1 atom stereocenters. The molecular weight excluding hydrogens is 232 g/mol. The average Bonchev–Trinajstić information content (AvgIpc) is 2.25. The second-order valence-electron chi connectivity index (χ2n) is 6.57. The SMILES string of the molecule is CC(C)(C)OC(=O)NC1CCC2(CC1)CNC2O. The fraction of sp³-hybridized carbons (Fsp3) is 0.923. The van der Waals surface area contributed by atoms with Gasteiger partial charge in [0, 0.05) is 18.0 Å². The molecule has 5 nitrogen and oxygen atoms in total. The van der Waals surface area contributed by atoms with E-state index in [1.807, 2.05) is 20.8 Å². The Morgan fingerprint density at radius 2 is 2.00 bits per heavy atom. The van der Waals surface area contributed by atoms with Gasteiger partial charge in [0.15, 0.2) is 0 Å². The van der Waals surface area contributed by atoms with Crippen molar-refractivity contribution in [3.63, 3.8) is 0 Å². The first-order valence-corrected chi connectivity index (χ1v) is 6.72. The lowest BCUT2D eigenvalue weighted by Crippen LogP contribution is -2.64. The van der Waals surface area contributed by atoms with Gasteiger partial charge in [0.05, 0.1) is 0 Å². The van der Waals surface area contributed by atoms with E-state index in [9.17, 15) is 9.90 Å². The average molecular weight is 256 g/mol. The van der Waals surface area contributed by atoms with Gasteiger partial charge in [0.1, 0.15) is 11.8 Å². The second-order valence-corrected chi connectivity index (χ2v) is 6.57. The standard InChI is InChI=1S/C13H24N2O3/c1-12(2,3)18-11(17)15-9-4-6-13(7-5-9)8-14-10(13)16/h9-10,14,16H,4-8H2,1-3H3,(H,15,17). The lowest BCUT2D eigenvalue weighted by molar-refractivity contribution is -0.100. The molecule has 0 aromatic rings. The predicted octanol–water partition coefficient (Wildman–Crippen LogP) is 1.36. The topological polar surface area (TPSA) is 70.6 Å². The predicted molar refractivity (Wildman–Crippen MR) is 68.1 cm³/mol. The molecule has 0 bridgehead atoms. The van der Waals surface area contributed by atoms with Gasteiger partial charge in [-0.15, -0.1) is 0 Å². The molecule has 5 heteroatoms. The molecule has 2 aliphatic rings. The molecule has 1 aliphatic heterocycles. The van der Waals surface area contributed by atoms with Crippen LogP contribution >= 0.6 is 0 Å². The highest BCUT2D eigenvalue weighted by Crippen LogP contribution is 2.42. The second kappa shape index (κ2) is 4.70. The zero-order valence-electron chi connectivity index (χ0n) is 11.5. The van der Waals surface area contributed by atoms with Crippen LogP contribution in [0.1, 0.15) is 46.5 Å². The number of hydrogen-bond acceptors (Lipinski definition) is 4. The number of nitrogens with one attached hydrogen (secondary N) is 2. The summed E-state index contributed by atoms with van der Waals surface area (Å²) >= 11 is 0. The van der Waals surface area contributed by atoms with Crippen molar-refractivity contribution in [3.05, 3.63) is 0 Å². The van der Waals surface area contributed by atoms with Crippen LogP contribution in [-0.2, 0) is 4.74 Å². The van der Waals surface area contributed by atoms with Crippen LogP contribution < -0.4 is 10.6 Å². The molecule has 2 rings (SSSR count). The number of aliphatic hydroxyl groups excluding tert-OH is 1. The van der Waals surface area contributed by atoms with Gasteiger partial charge in [-0.3, -0.25) is 5.32 Å². The number of carbonyl (C=O) groups excluding carboxylic acids is 1. The van der Waals surface area contributed by atoms with E-state index in [4.69, 9.17) is 4.74 Å². The summed E-state index contributed by atoms with van der Waals surface area (Å²) in [5.41, 5.74) is -0.389. The third-order valence-electron chi connectivity index (χ3n) is 3.93. The Bertz CT molecular complexity index is 317. The van der Waals surface area contributed by atoms with Crippen LogP contribution in [0.4, 0.5) is 4.79 Å². The van der Waals surface area contributed by atoms with E-state index in [2.05, 4.69) is 10.6 Å². The van der Waals surface area contributed by atoms with Crippen LogP contribution in [0.5, 0.6) is 0 Å². The Kier molecular flexibility index (Phi) is 3.56. The molecule has 0 aromatic carbocycles. The number of alkyl carbamates (subject to hydrolysis) is 1. The van der Waals surface area contributed by atoms with E-state index in [1.54, 1.807) is 0 Å². The lowest BCUT2D eigenvalue weighted by atomic mass is 9.67. The van der Waals surface area contributed by atoms with E-state index < -0.39 is 5.60 Å². The first-order valence-electron chi connectivity index (χ1n) is 6.72. The van der Waals surface area contributed by atoms with Crippen LogP contribution in [0.3, 0.4) is 0 Å². The van der Waals surface area contributed by atoms with Crippen LogP contribution in [0, 0.1) is 5.41 Å². The minimum Gasteiger partial charge on any atom is -0.444 e. The van der Waals surface area contributed by atoms with Crippen LogP contribution in [0.25, 0.3) is 0 Å². The number of aliphatic hydroxyl groups is 1. The smallest absolute Gasteiger partial charge is 0.407 e. The molecular formula is C13H24N2O3. The summed E-state index contributed by atoms with van der Waals surface area (Å²) in [5, 5.41) is 15.6. The maximum atomic E-state index is 11.6. The summed E-state index contributed by atoms with van der Waals surface area (Å²) < 4.78 is 5.24. The Balaban J connectivity index is 1.75. The first-order chi connectivity index (χ1) is 8.31. The zero-order chi connectivity index (χ0) is 13.4. The summed E-state index contributed by atoms with van der Waals surface area (Å²) in [6.45, 7) is 6.48. The van der Waals surface area contributed by atoms with Crippen molar-refractivity contribution >= 4 is 6.09 Å². The van der Waals surface area contributed by atoms with Crippen molar-refractivity contribution in [2.75, 3.05) is 6.54 Å². The Morgan fingerprint density at radius 1 is 1.39 bits per heavy atom. The van der Waals surface area contributed by atoms with Gasteiger partial charge >= 0.3 is 6.09 Å². The van der Waals surface area contributed by atoms with Crippen molar-refractivity contribution in [2.24, 2.45) is 5.41 Å². The Labute approximate surface area is 108 Å². The molecule has 1 saturated carbocycles. The minimum absolute atomic E-state index is 0.0616. The third-order valence-corrected chi connectivity index (χ3v) is 3.93. The maximum Gasteiger partial charge on any atom is 0.407 e. The summed E-state index contributed by atoms with van der Waals surface area (Å²) in [6, 6.07) is 0.179. The summed E-state index contributed by atoms with van der Waals surface area (Å²) in [4.78, 5) is 11.6. The molecule has 1 heterocycles. The number of ether oxygens (including phenoxy) is 1. The molecule has 0 aromatic heterocycles. The summed E-state index contributed by atoms with van der Waals surface area (Å²) in [5.74, 6) is 0. The Hall–Kier alpha value is -0.810. The summed E-state index contributed by atoms with van der Waals surface area (Å²) in [6.07, 6.45) is 3.05. The van der Waals surface area contributed by atoms with Crippen molar-refractivity contribution < 1.29 is 14.6 Å². The van der Waals surface area contributed by atoms with Crippen LogP contribution in [0.15, 0.2) is 0 Å². The van der Waals surface area contributed by atoms with E-state index >= 15 is 0 Å². The third kappa shape index (κ3) is 2.95. The van der Waals surface area contributed by atoms with Gasteiger partial charge in [-0.25, -0.2) is 4.79 Å². The molecule has 1 aliphatic carbocycles. The van der Waals surface area contributed by atoms with Gasteiger partial charge in [-0.05, 0) is 46.5 Å². The van der Waals surface area contributed by atoms with E-state index in [-0.39, 0.29) is 23.8 Å². The van der Waals surface area contributed by atoms with Crippen molar-refractivity contribution in [2.45, 2.75) is 64.3 Å². The molecule has 1 amide bonds. The molecule has 3 N–H and O–H groups in total. The molecule has 0 radical (unpaired) electrons. The normalized spacial score (nSPS) is 36.0. The summed E-state index contributed by atoms with van der Waals surface area (Å²) in [7, 11) is 0. The molecule has 1 unspecified atom stereocenters. The van der Waals surface area contributed by atoms with Crippen LogP contribution in [-0.4, -0.2) is 35.6 Å². The van der Waals surface area contributed by atoms with Gasteiger partial charge in [0.25, 0.3) is 0 Å². The number of carbonyl (C=O) groups is 1. The van der Waals surface area contributed by atoms with Crippen molar-refractivity contribution in [1.82, 2.24) is 10.6 Å². The van der Waals surface area contributed by atoms with E-state index in [0.717, 1.165) is 32.2 Å². The van der Waals surface area contributed by atoms with Gasteiger partial charge in [-0.2, -0.15) is 0 Å². The monoisotopic (exact) mass is 256 g/mol. The van der Waals surface area contributed by atoms with E-state index in [0.29, 0.717) is 0 Å².